The third-order valence-corrected chi connectivity index (χ3v) is 4.25. The van der Waals surface area contributed by atoms with Crippen molar-refractivity contribution in [3.63, 3.8) is 0 Å². The molecule has 2 rings (SSSR count). The first-order valence-corrected chi connectivity index (χ1v) is 7.29. The molecule has 20 heavy (non-hydrogen) atoms. The first kappa shape index (κ1) is 15.0. The van der Waals surface area contributed by atoms with Crippen LogP contribution in [-0.2, 0) is 4.79 Å². The molecule has 4 heteroatoms. The van der Waals surface area contributed by atoms with Crippen LogP contribution in [0.4, 0.5) is 4.39 Å². The van der Waals surface area contributed by atoms with Gasteiger partial charge in [-0.15, -0.1) is 0 Å². The van der Waals surface area contributed by atoms with E-state index in [0.717, 1.165) is 24.9 Å². The molecule has 0 aliphatic carbocycles. The molecule has 0 aromatic heterocycles. The molecule has 2 N–H and O–H groups in total. The summed E-state index contributed by atoms with van der Waals surface area (Å²) in [7, 11) is 0. The van der Waals surface area contributed by atoms with Gasteiger partial charge in [0.05, 0.1) is 5.92 Å². The van der Waals surface area contributed by atoms with E-state index in [1.54, 1.807) is 12.1 Å². The van der Waals surface area contributed by atoms with E-state index in [9.17, 15) is 9.18 Å². The van der Waals surface area contributed by atoms with Crippen LogP contribution in [0.2, 0.25) is 0 Å². The molecular formula is C16H23FN2O. The number of hydrogen-bond acceptors (Lipinski definition) is 2. The lowest BCUT2D eigenvalue weighted by Gasteiger charge is -2.39. The molecule has 1 aromatic rings. The van der Waals surface area contributed by atoms with Crippen LogP contribution in [0, 0.1) is 11.7 Å². The average molecular weight is 278 g/mol. The predicted octanol–water partition coefficient (Wildman–Crippen LogP) is 2.51. The van der Waals surface area contributed by atoms with Crippen molar-refractivity contribution in [1.29, 1.82) is 0 Å². The molecular weight excluding hydrogens is 255 g/mol. The molecule has 3 atom stereocenters. The summed E-state index contributed by atoms with van der Waals surface area (Å²) in [6.07, 6.45) is 1.97. The summed E-state index contributed by atoms with van der Waals surface area (Å²) in [5.74, 6) is 0.0352. The van der Waals surface area contributed by atoms with E-state index in [-0.39, 0.29) is 23.7 Å². The van der Waals surface area contributed by atoms with Gasteiger partial charge >= 0.3 is 0 Å². The topological polar surface area (TPSA) is 46.3 Å². The van der Waals surface area contributed by atoms with E-state index in [2.05, 4.69) is 6.92 Å². The van der Waals surface area contributed by atoms with E-state index in [1.165, 1.54) is 12.1 Å². The highest BCUT2D eigenvalue weighted by atomic mass is 19.1. The van der Waals surface area contributed by atoms with Crippen molar-refractivity contribution in [3.8, 4) is 0 Å². The number of carbonyl (C=O) groups excluding carboxylic acids is 1. The summed E-state index contributed by atoms with van der Waals surface area (Å²) < 4.78 is 13.3. The lowest BCUT2D eigenvalue weighted by molar-refractivity contribution is -0.136. The molecule has 1 aromatic carbocycles. The van der Waals surface area contributed by atoms with E-state index in [1.807, 2.05) is 11.8 Å². The molecule has 110 valence electrons. The van der Waals surface area contributed by atoms with Gasteiger partial charge in [-0.05, 0) is 43.4 Å². The van der Waals surface area contributed by atoms with Gasteiger partial charge in [-0.25, -0.2) is 4.39 Å². The lowest BCUT2D eigenvalue weighted by Crippen LogP contribution is -2.50. The highest BCUT2D eigenvalue weighted by Gasteiger charge is 2.31. The van der Waals surface area contributed by atoms with Crippen LogP contribution in [0.25, 0.3) is 0 Å². The normalized spacial score (nSPS) is 24.5. The minimum absolute atomic E-state index is 0.0537. The third-order valence-electron chi connectivity index (χ3n) is 4.25. The fourth-order valence-corrected chi connectivity index (χ4v) is 2.93. The predicted molar refractivity (Wildman–Crippen MR) is 77.8 cm³/mol. The lowest BCUT2D eigenvalue weighted by atomic mass is 9.90. The van der Waals surface area contributed by atoms with Crippen molar-refractivity contribution in [1.82, 2.24) is 4.90 Å². The summed E-state index contributed by atoms with van der Waals surface area (Å²) in [4.78, 5) is 14.5. The second-order valence-corrected chi connectivity index (χ2v) is 5.83. The van der Waals surface area contributed by atoms with Crippen molar-refractivity contribution in [2.24, 2.45) is 11.7 Å². The quantitative estimate of drug-likeness (QED) is 0.923. The van der Waals surface area contributed by atoms with Gasteiger partial charge in [-0.2, -0.15) is 0 Å². The summed E-state index contributed by atoms with van der Waals surface area (Å²) in [5, 5.41) is 0. The van der Waals surface area contributed by atoms with Crippen LogP contribution in [0.15, 0.2) is 24.3 Å². The zero-order valence-corrected chi connectivity index (χ0v) is 12.2. The fraction of sp³-hybridized carbons (Fsp3) is 0.562. The number of amides is 1. The zero-order chi connectivity index (χ0) is 14.7. The van der Waals surface area contributed by atoms with Crippen molar-refractivity contribution < 1.29 is 9.18 Å². The van der Waals surface area contributed by atoms with Crippen LogP contribution in [-0.4, -0.2) is 29.9 Å². The largest absolute Gasteiger partial charge is 0.338 e. The Bertz CT molecular complexity index is 477. The number of halogens is 1. The molecule has 0 bridgehead atoms. The number of rotatable bonds is 3. The van der Waals surface area contributed by atoms with Crippen LogP contribution in [0.3, 0.4) is 0 Å². The van der Waals surface area contributed by atoms with E-state index < -0.39 is 0 Å². The second-order valence-electron chi connectivity index (χ2n) is 5.83. The smallest absolute Gasteiger partial charge is 0.230 e. The van der Waals surface area contributed by atoms with Gasteiger partial charge in [-0.3, -0.25) is 4.79 Å². The first-order chi connectivity index (χ1) is 9.52. The van der Waals surface area contributed by atoms with Crippen molar-refractivity contribution in [3.05, 3.63) is 35.6 Å². The molecule has 3 unspecified atom stereocenters. The van der Waals surface area contributed by atoms with E-state index in [4.69, 9.17) is 5.73 Å². The Morgan fingerprint density at radius 1 is 1.55 bits per heavy atom. The molecule has 1 amide bonds. The zero-order valence-electron chi connectivity index (χ0n) is 12.2. The number of carbonyl (C=O) groups is 1. The molecule has 0 saturated carbocycles. The first-order valence-electron chi connectivity index (χ1n) is 7.29. The van der Waals surface area contributed by atoms with Gasteiger partial charge in [0.15, 0.2) is 0 Å². The highest BCUT2D eigenvalue weighted by molar-refractivity contribution is 5.83. The minimum Gasteiger partial charge on any atom is -0.338 e. The third kappa shape index (κ3) is 3.18. The SMILES string of the molecule is CC1CCN(C(=O)C(C)c2cccc(F)c2)C(CN)C1. The molecule has 1 saturated heterocycles. The summed E-state index contributed by atoms with van der Waals surface area (Å²) >= 11 is 0. The number of nitrogens with two attached hydrogens (primary N) is 1. The monoisotopic (exact) mass is 278 g/mol. The molecule has 0 spiro atoms. The molecule has 3 nitrogen and oxygen atoms in total. The summed E-state index contributed by atoms with van der Waals surface area (Å²) in [5.41, 5.74) is 6.53. The average Bonchev–Trinajstić information content (AvgIpc) is 2.45. The van der Waals surface area contributed by atoms with Gasteiger partial charge in [0.25, 0.3) is 0 Å². The number of benzene rings is 1. The van der Waals surface area contributed by atoms with Crippen molar-refractivity contribution >= 4 is 5.91 Å². The van der Waals surface area contributed by atoms with Crippen molar-refractivity contribution in [2.45, 2.75) is 38.6 Å². The second kappa shape index (κ2) is 6.35. The molecule has 0 radical (unpaired) electrons. The maximum Gasteiger partial charge on any atom is 0.230 e. The number of hydrogen-bond donors (Lipinski definition) is 1. The number of piperidine rings is 1. The summed E-state index contributed by atoms with van der Waals surface area (Å²) in [6, 6.07) is 6.39. The minimum atomic E-state index is -0.326. The molecule has 1 aliphatic rings. The van der Waals surface area contributed by atoms with Gasteiger partial charge in [-0.1, -0.05) is 19.1 Å². The van der Waals surface area contributed by atoms with Crippen LogP contribution in [0.1, 0.15) is 38.2 Å². The van der Waals surface area contributed by atoms with E-state index >= 15 is 0 Å². The Kier molecular flexibility index (Phi) is 4.76. The summed E-state index contributed by atoms with van der Waals surface area (Å²) in [6.45, 7) is 5.27. The Morgan fingerprint density at radius 2 is 2.30 bits per heavy atom. The van der Waals surface area contributed by atoms with Gasteiger partial charge in [0.2, 0.25) is 5.91 Å². The molecule has 1 heterocycles. The Morgan fingerprint density at radius 3 is 2.95 bits per heavy atom. The maximum absolute atomic E-state index is 13.3. The van der Waals surface area contributed by atoms with Gasteiger partial charge < -0.3 is 10.6 Å². The highest BCUT2D eigenvalue weighted by Crippen LogP contribution is 2.26. The number of nitrogens with zero attached hydrogens (tertiary/aromatic N) is 1. The maximum atomic E-state index is 13.3. The van der Waals surface area contributed by atoms with Crippen molar-refractivity contribution in [2.75, 3.05) is 13.1 Å². The number of likely N-dealkylation sites (tertiary alicyclic amines) is 1. The fourth-order valence-electron chi connectivity index (χ4n) is 2.93. The standard InChI is InChI=1S/C16H23FN2O/c1-11-6-7-19(15(8-11)10-18)16(20)12(2)13-4-3-5-14(17)9-13/h3-5,9,11-12,15H,6-8,10,18H2,1-2H3. The van der Waals surface area contributed by atoms with Crippen LogP contribution in [0.5, 0.6) is 0 Å². The molecule has 1 aliphatic heterocycles. The van der Waals surface area contributed by atoms with Crippen LogP contribution >= 0.6 is 0 Å². The molecule has 1 fully saturated rings. The van der Waals surface area contributed by atoms with Gasteiger partial charge in [0.1, 0.15) is 5.82 Å². The Hall–Kier alpha value is -1.42. The van der Waals surface area contributed by atoms with E-state index in [0.29, 0.717) is 12.5 Å². The van der Waals surface area contributed by atoms with Crippen LogP contribution < -0.4 is 5.73 Å². The Balaban J connectivity index is 2.13. The Labute approximate surface area is 120 Å². The van der Waals surface area contributed by atoms with Gasteiger partial charge in [0, 0.05) is 19.1 Å².